The highest BCUT2D eigenvalue weighted by molar-refractivity contribution is 6.67. The lowest BCUT2D eigenvalue weighted by molar-refractivity contribution is 0.00114. The molecule has 48 heavy (non-hydrogen) atoms. The molecule has 0 atom stereocenters. The van der Waals surface area contributed by atoms with Crippen LogP contribution in [0.1, 0.15) is 141 Å². The van der Waals surface area contributed by atoms with E-state index in [2.05, 4.69) is 61.3 Å². The maximum Gasteiger partial charge on any atom is 0.267 e. The zero-order valence-electron chi connectivity index (χ0n) is 28.7. The molecule has 4 aromatic carbocycles. The van der Waals surface area contributed by atoms with Gasteiger partial charge in [0.25, 0.3) is 11.1 Å². The second kappa shape index (κ2) is 17.8. The first kappa shape index (κ1) is 35.8. The van der Waals surface area contributed by atoms with Crippen LogP contribution >= 0.6 is 11.6 Å². The lowest BCUT2D eigenvalue weighted by Gasteiger charge is -2.33. The molecular weight excluding hydrogens is 616 g/mol. The number of unbranched alkanes of at least 4 members (excludes halogenated alkanes) is 10. The predicted molar refractivity (Wildman–Crippen MR) is 198 cm³/mol. The van der Waals surface area contributed by atoms with Gasteiger partial charge in [0.05, 0.1) is 6.61 Å². The van der Waals surface area contributed by atoms with Gasteiger partial charge in [-0.1, -0.05) is 145 Å². The molecule has 0 unspecified atom stereocenters. The average molecular weight is 667 g/mol. The Kier molecular flexibility index (Phi) is 13.2. The molecule has 2 N–H and O–H groups in total. The van der Waals surface area contributed by atoms with Crippen molar-refractivity contribution in [1.29, 1.82) is 0 Å². The molecule has 6 heteroatoms. The van der Waals surface area contributed by atoms with Crippen molar-refractivity contribution < 1.29 is 14.4 Å². The van der Waals surface area contributed by atoms with Crippen molar-refractivity contribution >= 4 is 33.5 Å². The zero-order valence-corrected chi connectivity index (χ0v) is 29.5. The van der Waals surface area contributed by atoms with Gasteiger partial charge < -0.3 is 0 Å². The maximum absolute atomic E-state index is 13.5. The van der Waals surface area contributed by atoms with Crippen LogP contribution in [0.15, 0.2) is 78.9 Å². The summed E-state index contributed by atoms with van der Waals surface area (Å²) in [5.74, 6) is -0.253. The van der Waals surface area contributed by atoms with E-state index < -0.39 is 5.24 Å². The normalized spacial score (nSPS) is 13.0. The summed E-state index contributed by atoms with van der Waals surface area (Å²) in [6.45, 7) is 4.80. The predicted octanol–water partition coefficient (Wildman–Crippen LogP) is 11.4. The van der Waals surface area contributed by atoms with Gasteiger partial charge in [0, 0.05) is 16.5 Å². The molecular formula is C42H51ClN2O3. The van der Waals surface area contributed by atoms with Crippen molar-refractivity contribution in [2.75, 3.05) is 0 Å². The summed E-state index contributed by atoms with van der Waals surface area (Å²) in [6, 6.07) is 26.3. The van der Waals surface area contributed by atoms with Crippen LogP contribution < -0.4 is 11.0 Å². The van der Waals surface area contributed by atoms with E-state index in [1.165, 1.54) is 75.3 Å². The van der Waals surface area contributed by atoms with Crippen molar-refractivity contribution in [3.8, 4) is 11.1 Å². The van der Waals surface area contributed by atoms with Gasteiger partial charge in [-0.2, -0.15) is 0 Å². The van der Waals surface area contributed by atoms with E-state index in [1.54, 1.807) is 0 Å². The minimum atomic E-state index is -0.434. The van der Waals surface area contributed by atoms with E-state index in [9.17, 15) is 9.59 Å². The standard InChI is InChI=1S/C42H51ClN2O3/c1-3-5-7-9-11-15-26-42(27-16-12-10-8-6-4-2)38-28-32(40(43)46)22-24-36(38)37-25-23-33(29-39(37)42)41(47)44-45-48-30-34-20-17-19-31-18-13-14-21-35(31)34/h13-14,17-25,28-29,45H,3-12,15-16,26-27,30H2,1-2H3,(H,44,47). The van der Waals surface area contributed by atoms with Gasteiger partial charge in [-0.05, 0) is 87.3 Å². The minimum Gasteiger partial charge on any atom is -0.277 e. The molecule has 0 aliphatic heterocycles. The highest BCUT2D eigenvalue weighted by atomic mass is 35.5. The highest BCUT2D eigenvalue weighted by Gasteiger charge is 2.43. The number of carbonyl (C=O) groups excluding carboxylic acids is 2. The summed E-state index contributed by atoms with van der Waals surface area (Å²) in [5.41, 5.74) is 12.0. The third-order valence-corrected chi connectivity index (χ3v) is 10.3. The smallest absolute Gasteiger partial charge is 0.267 e. The van der Waals surface area contributed by atoms with Gasteiger partial charge in [0.1, 0.15) is 0 Å². The molecule has 0 bridgehead atoms. The fraction of sp³-hybridized carbons (Fsp3) is 0.429. The molecule has 5 rings (SSSR count). The van der Waals surface area contributed by atoms with Crippen molar-refractivity contribution in [2.45, 2.75) is 116 Å². The van der Waals surface area contributed by atoms with Crippen molar-refractivity contribution in [1.82, 2.24) is 11.0 Å². The molecule has 1 aliphatic rings. The Balaban J connectivity index is 1.37. The van der Waals surface area contributed by atoms with Gasteiger partial charge in [0.15, 0.2) is 0 Å². The Hall–Kier alpha value is -3.51. The molecule has 5 nitrogen and oxygen atoms in total. The molecule has 0 fully saturated rings. The topological polar surface area (TPSA) is 67.4 Å². The summed E-state index contributed by atoms with van der Waals surface area (Å²) in [7, 11) is 0. The summed E-state index contributed by atoms with van der Waals surface area (Å²) < 4.78 is 0. The molecule has 0 aromatic heterocycles. The molecule has 0 saturated heterocycles. The maximum atomic E-state index is 13.5. The van der Waals surface area contributed by atoms with Crippen LogP contribution in [0.2, 0.25) is 0 Å². The van der Waals surface area contributed by atoms with E-state index in [0.29, 0.717) is 17.7 Å². The van der Waals surface area contributed by atoms with Crippen LogP contribution in [0, 0.1) is 0 Å². The Labute approximate surface area is 291 Å². The lowest BCUT2D eigenvalue weighted by Crippen LogP contribution is -2.37. The molecule has 0 heterocycles. The number of benzene rings is 4. The number of halogens is 1. The number of rotatable bonds is 20. The third kappa shape index (κ3) is 8.55. The van der Waals surface area contributed by atoms with Crippen molar-refractivity contribution in [3.63, 3.8) is 0 Å². The zero-order chi connectivity index (χ0) is 33.8. The average Bonchev–Trinajstić information content (AvgIpc) is 3.37. The SMILES string of the molecule is CCCCCCCCC1(CCCCCCCC)c2cc(C(=O)Cl)ccc2-c2ccc(C(=O)NNOCc3cccc4ccccc34)cc21. The van der Waals surface area contributed by atoms with E-state index in [-0.39, 0.29) is 11.3 Å². The first-order valence-corrected chi connectivity index (χ1v) is 18.5. The fourth-order valence-electron chi connectivity index (χ4n) is 7.52. The molecule has 1 aliphatic carbocycles. The number of carbonyl (C=O) groups is 2. The van der Waals surface area contributed by atoms with Crippen LogP contribution in [-0.4, -0.2) is 11.1 Å². The van der Waals surface area contributed by atoms with Crippen LogP contribution in [0.5, 0.6) is 0 Å². The van der Waals surface area contributed by atoms with E-state index >= 15 is 0 Å². The first-order chi connectivity index (χ1) is 23.5. The second-order valence-electron chi connectivity index (χ2n) is 13.4. The number of hydrogen-bond acceptors (Lipinski definition) is 4. The van der Waals surface area contributed by atoms with Gasteiger partial charge >= 0.3 is 0 Å². The van der Waals surface area contributed by atoms with Crippen LogP contribution in [-0.2, 0) is 16.9 Å². The molecule has 4 aromatic rings. The van der Waals surface area contributed by atoms with Gasteiger partial charge in [-0.3, -0.25) is 19.9 Å². The Morgan fingerprint density at radius 3 is 1.88 bits per heavy atom. The number of amides is 1. The van der Waals surface area contributed by atoms with E-state index in [0.717, 1.165) is 53.1 Å². The first-order valence-electron chi connectivity index (χ1n) is 18.1. The lowest BCUT2D eigenvalue weighted by atomic mass is 9.70. The Morgan fingerprint density at radius 2 is 1.23 bits per heavy atom. The number of hydrazine groups is 1. The second-order valence-corrected chi connectivity index (χ2v) is 13.7. The van der Waals surface area contributed by atoms with Crippen LogP contribution in [0.3, 0.4) is 0 Å². The molecule has 1 amide bonds. The van der Waals surface area contributed by atoms with E-state index in [1.807, 2.05) is 42.5 Å². The van der Waals surface area contributed by atoms with Crippen molar-refractivity contribution in [2.24, 2.45) is 0 Å². The minimum absolute atomic E-state index is 0.253. The quantitative estimate of drug-likeness (QED) is 0.0559. The van der Waals surface area contributed by atoms with Gasteiger partial charge in [0.2, 0.25) is 0 Å². The summed E-state index contributed by atoms with van der Waals surface area (Å²) in [6.07, 6.45) is 16.5. The monoisotopic (exact) mass is 666 g/mol. The largest absolute Gasteiger partial charge is 0.277 e. The van der Waals surface area contributed by atoms with Gasteiger partial charge in [-0.25, -0.2) is 0 Å². The van der Waals surface area contributed by atoms with Crippen molar-refractivity contribution in [3.05, 3.63) is 107 Å². The molecule has 0 radical (unpaired) electrons. The highest BCUT2D eigenvalue weighted by Crippen LogP contribution is 2.54. The Bertz CT molecular complexity index is 1660. The number of fused-ring (bicyclic) bond motifs is 4. The number of hydrogen-bond donors (Lipinski definition) is 2. The third-order valence-electron chi connectivity index (χ3n) is 10.1. The Morgan fingerprint density at radius 1 is 0.667 bits per heavy atom. The number of nitrogens with one attached hydrogen (secondary N) is 2. The molecule has 0 spiro atoms. The summed E-state index contributed by atoms with van der Waals surface area (Å²) in [5, 5.41) is 1.84. The fourth-order valence-corrected chi connectivity index (χ4v) is 7.64. The molecule has 0 saturated carbocycles. The van der Waals surface area contributed by atoms with E-state index in [4.69, 9.17) is 16.4 Å². The van der Waals surface area contributed by atoms with Crippen LogP contribution in [0.25, 0.3) is 21.9 Å². The van der Waals surface area contributed by atoms with Gasteiger partial charge in [-0.15, -0.1) is 5.59 Å². The summed E-state index contributed by atoms with van der Waals surface area (Å²) >= 11 is 6.04. The summed E-state index contributed by atoms with van der Waals surface area (Å²) in [4.78, 5) is 31.6. The van der Waals surface area contributed by atoms with Crippen LogP contribution in [0.4, 0.5) is 0 Å². The molecule has 254 valence electrons.